The number of alkyl halides is 3. The van der Waals surface area contributed by atoms with Crippen LogP contribution in [-0.2, 0) is 9.59 Å². The van der Waals surface area contributed by atoms with Gasteiger partial charge in [-0.25, -0.2) is 4.79 Å². The first-order chi connectivity index (χ1) is 8.16. The molecule has 9 heteroatoms. The van der Waals surface area contributed by atoms with E-state index in [4.69, 9.17) is 15.6 Å². The van der Waals surface area contributed by atoms with E-state index in [2.05, 4.69) is 4.90 Å². The first-order valence-electron chi connectivity index (χ1n) is 5.07. The Kier molecular flexibility index (Phi) is 7.07. The van der Waals surface area contributed by atoms with Gasteiger partial charge in [0.15, 0.2) is 0 Å². The van der Waals surface area contributed by atoms with Crippen molar-refractivity contribution in [3.05, 3.63) is 0 Å². The van der Waals surface area contributed by atoms with Crippen molar-refractivity contribution >= 4 is 23.6 Å². The van der Waals surface area contributed by atoms with Crippen molar-refractivity contribution in [2.75, 3.05) is 24.6 Å². The number of halogens is 3. The topological polar surface area (TPSA) is 83.6 Å². The molecule has 1 aliphatic rings. The summed E-state index contributed by atoms with van der Waals surface area (Å²) in [6, 6.07) is -0.0871. The number of carboxylic acids is 1. The Morgan fingerprint density at radius 2 is 1.72 bits per heavy atom. The SMILES string of the molecule is CC(C(N)=O)N1CCSCC1.O=C(O)C(F)(F)F. The summed E-state index contributed by atoms with van der Waals surface area (Å²) in [7, 11) is 0. The summed E-state index contributed by atoms with van der Waals surface area (Å²) in [5.41, 5.74) is 5.18. The molecule has 1 saturated heterocycles. The van der Waals surface area contributed by atoms with Gasteiger partial charge in [0.25, 0.3) is 0 Å². The minimum atomic E-state index is -5.08. The van der Waals surface area contributed by atoms with Crippen molar-refractivity contribution in [1.82, 2.24) is 4.90 Å². The molecule has 1 rings (SSSR count). The van der Waals surface area contributed by atoms with Crippen molar-refractivity contribution in [2.45, 2.75) is 19.1 Å². The Bertz CT molecular complexity index is 293. The van der Waals surface area contributed by atoms with Gasteiger partial charge in [0.05, 0.1) is 6.04 Å². The van der Waals surface area contributed by atoms with E-state index in [-0.39, 0.29) is 11.9 Å². The van der Waals surface area contributed by atoms with Crippen molar-refractivity contribution in [2.24, 2.45) is 5.73 Å². The number of amides is 1. The smallest absolute Gasteiger partial charge is 0.475 e. The largest absolute Gasteiger partial charge is 0.490 e. The van der Waals surface area contributed by atoms with Crippen LogP contribution in [0.2, 0.25) is 0 Å². The molecule has 0 aliphatic carbocycles. The highest BCUT2D eigenvalue weighted by molar-refractivity contribution is 7.99. The predicted molar refractivity (Wildman–Crippen MR) is 61.2 cm³/mol. The van der Waals surface area contributed by atoms with Crippen LogP contribution < -0.4 is 5.73 Å². The third-order valence-corrected chi connectivity index (χ3v) is 3.19. The van der Waals surface area contributed by atoms with E-state index in [0.717, 1.165) is 24.6 Å². The fraction of sp³-hybridized carbons (Fsp3) is 0.778. The zero-order valence-corrected chi connectivity index (χ0v) is 10.6. The lowest BCUT2D eigenvalue weighted by Crippen LogP contribution is -2.46. The molecule has 1 amide bonds. The van der Waals surface area contributed by atoms with E-state index < -0.39 is 12.1 Å². The van der Waals surface area contributed by atoms with Gasteiger partial charge in [0.1, 0.15) is 0 Å². The van der Waals surface area contributed by atoms with Crippen LogP contribution in [0.1, 0.15) is 6.92 Å². The van der Waals surface area contributed by atoms with Crippen LogP contribution in [0.5, 0.6) is 0 Å². The van der Waals surface area contributed by atoms with Gasteiger partial charge in [-0.3, -0.25) is 9.69 Å². The molecule has 1 atom stereocenters. The lowest BCUT2D eigenvalue weighted by Gasteiger charge is -2.29. The van der Waals surface area contributed by atoms with E-state index in [1.165, 1.54) is 0 Å². The summed E-state index contributed by atoms with van der Waals surface area (Å²) in [4.78, 5) is 21.8. The Hall–Kier alpha value is -0.960. The third kappa shape index (κ3) is 6.70. The van der Waals surface area contributed by atoms with Gasteiger partial charge in [0, 0.05) is 24.6 Å². The zero-order chi connectivity index (χ0) is 14.3. The van der Waals surface area contributed by atoms with Crippen molar-refractivity contribution in [3.8, 4) is 0 Å². The number of primary amides is 1. The van der Waals surface area contributed by atoms with Gasteiger partial charge in [-0.15, -0.1) is 0 Å². The van der Waals surface area contributed by atoms with E-state index in [1.807, 2.05) is 18.7 Å². The summed E-state index contributed by atoms with van der Waals surface area (Å²) < 4.78 is 31.7. The lowest BCUT2D eigenvalue weighted by molar-refractivity contribution is -0.192. The molecule has 1 fully saturated rings. The summed E-state index contributed by atoms with van der Waals surface area (Å²) in [5, 5.41) is 7.12. The van der Waals surface area contributed by atoms with Crippen LogP contribution >= 0.6 is 11.8 Å². The van der Waals surface area contributed by atoms with Crippen molar-refractivity contribution < 1.29 is 27.9 Å². The van der Waals surface area contributed by atoms with Gasteiger partial charge in [-0.1, -0.05) is 0 Å². The average molecular weight is 288 g/mol. The van der Waals surface area contributed by atoms with Gasteiger partial charge < -0.3 is 10.8 Å². The van der Waals surface area contributed by atoms with E-state index in [9.17, 15) is 18.0 Å². The van der Waals surface area contributed by atoms with Crippen LogP contribution in [0.4, 0.5) is 13.2 Å². The number of carbonyl (C=O) groups excluding carboxylic acids is 1. The first kappa shape index (κ1) is 17.0. The van der Waals surface area contributed by atoms with E-state index in [0.29, 0.717) is 0 Å². The van der Waals surface area contributed by atoms with Crippen LogP contribution in [0, 0.1) is 0 Å². The van der Waals surface area contributed by atoms with Gasteiger partial charge in [-0.05, 0) is 6.92 Å². The number of nitrogens with two attached hydrogens (primary N) is 1. The first-order valence-corrected chi connectivity index (χ1v) is 6.23. The molecule has 0 aromatic rings. The van der Waals surface area contributed by atoms with Crippen LogP contribution in [0.3, 0.4) is 0 Å². The molecule has 0 aromatic carbocycles. The number of hydrogen-bond donors (Lipinski definition) is 2. The molecule has 0 aromatic heterocycles. The standard InChI is InChI=1S/C7H14N2OS.C2HF3O2/c1-6(7(8)10)9-2-4-11-5-3-9;3-2(4,5)1(6)7/h6H,2-5H2,1H3,(H2,8,10);(H,6,7). The quantitative estimate of drug-likeness (QED) is 0.775. The average Bonchev–Trinajstić information content (AvgIpc) is 2.28. The molecular weight excluding hydrogens is 273 g/mol. The molecule has 1 heterocycles. The summed E-state index contributed by atoms with van der Waals surface area (Å²) >= 11 is 1.93. The van der Waals surface area contributed by atoms with E-state index >= 15 is 0 Å². The number of nitrogens with zero attached hydrogens (tertiary/aromatic N) is 1. The van der Waals surface area contributed by atoms with Gasteiger partial charge in [-0.2, -0.15) is 24.9 Å². The Labute approximate surface area is 106 Å². The molecule has 5 nitrogen and oxygen atoms in total. The third-order valence-electron chi connectivity index (χ3n) is 2.25. The maximum Gasteiger partial charge on any atom is 0.490 e. The summed E-state index contributed by atoms with van der Waals surface area (Å²) in [6.07, 6.45) is -5.08. The predicted octanol–water partition coefficient (Wildman–Crippen LogP) is 0.542. The highest BCUT2D eigenvalue weighted by atomic mass is 32.2. The molecule has 1 aliphatic heterocycles. The maximum atomic E-state index is 10.8. The molecule has 0 saturated carbocycles. The number of thioether (sulfide) groups is 1. The number of carbonyl (C=O) groups is 2. The highest BCUT2D eigenvalue weighted by Gasteiger charge is 2.38. The molecular formula is C9H15F3N2O3S. The molecule has 1 unspecified atom stereocenters. The monoisotopic (exact) mass is 288 g/mol. The minimum Gasteiger partial charge on any atom is -0.475 e. The molecule has 0 spiro atoms. The fourth-order valence-corrected chi connectivity index (χ4v) is 2.08. The molecule has 18 heavy (non-hydrogen) atoms. The van der Waals surface area contributed by atoms with Gasteiger partial charge in [0.2, 0.25) is 5.91 Å². The van der Waals surface area contributed by atoms with Gasteiger partial charge >= 0.3 is 12.1 Å². The number of carboxylic acid groups (broad SMARTS) is 1. The Morgan fingerprint density at radius 3 is 2.00 bits per heavy atom. The van der Waals surface area contributed by atoms with Crippen molar-refractivity contribution in [3.63, 3.8) is 0 Å². The molecule has 106 valence electrons. The van der Waals surface area contributed by atoms with E-state index in [1.54, 1.807) is 0 Å². The summed E-state index contributed by atoms with van der Waals surface area (Å²) in [6.45, 7) is 3.86. The Balaban J connectivity index is 0.000000360. The number of hydrogen-bond acceptors (Lipinski definition) is 4. The fourth-order valence-electron chi connectivity index (χ4n) is 1.14. The maximum absolute atomic E-state index is 10.8. The zero-order valence-electron chi connectivity index (χ0n) is 9.74. The summed E-state index contributed by atoms with van der Waals surface area (Å²) in [5.74, 6) is -0.723. The van der Waals surface area contributed by atoms with Crippen LogP contribution in [0.25, 0.3) is 0 Å². The second-order valence-corrected chi connectivity index (χ2v) is 4.75. The molecule has 0 radical (unpaired) electrons. The Morgan fingerprint density at radius 1 is 1.33 bits per heavy atom. The minimum absolute atomic E-state index is 0.0871. The number of rotatable bonds is 2. The number of aliphatic carboxylic acids is 1. The second kappa shape index (κ2) is 7.47. The normalized spacial score (nSPS) is 18.4. The lowest BCUT2D eigenvalue weighted by atomic mass is 10.2. The van der Waals surface area contributed by atoms with Crippen LogP contribution in [-0.4, -0.2) is 58.7 Å². The van der Waals surface area contributed by atoms with Crippen LogP contribution in [0.15, 0.2) is 0 Å². The van der Waals surface area contributed by atoms with Crippen molar-refractivity contribution in [1.29, 1.82) is 0 Å². The molecule has 3 N–H and O–H groups in total. The molecule has 0 bridgehead atoms. The highest BCUT2D eigenvalue weighted by Crippen LogP contribution is 2.13. The second-order valence-electron chi connectivity index (χ2n) is 3.53.